The summed E-state index contributed by atoms with van der Waals surface area (Å²) in [4.78, 5) is 14.0. The van der Waals surface area contributed by atoms with Gasteiger partial charge in [0.2, 0.25) is 0 Å². The number of rotatable bonds is 5. The van der Waals surface area contributed by atoms with Crippen LogP contribution in [0.1, 0.15) is 10.4 Å². The number of amides is 1. The minimum absolute atomic E-state index is 0.0471. The first-order valence-corrected chi connectivity index (χ1v) is 7.77. The minimum atomic E-state index is 0.0471. The van der Waals surface area contributed by atoms with E-state index in [1.54, 1.807) is 4.90 Å². The summed E-state index contributed by atoms with van der Waals surface area (Å²) in [6, 6.07) is 24.0. The Morgan fingerprint density at radius 3 is 2.39 bits per heavy atom. The lowest BCUT2D eigenvalue weighted by Crippen LogP contribution is -2.31. The monoisotopic (exact) mass is 304 g/mol. The van der Waals surface area contributed by atoms with E-state index in [-0.39, 0.29) is 5.91 Å². The lowest BCUT2D eigenvalue weighted by Gasteiger charge is -2.18. The van der Waals surface area contributed by atoms with Gasteiger partial charge in [0.25, 0.3) is 5.91 Å². The molecule has 1 amide bonds. The summed E-state index contributed by atoms with van der Waals surface area (Å²) in [5.41, 5.74) is 1.80. The van der Waals surface area contributed by atoms with Crippen molar-refractivity contribution in [2.45, 2.75) is 0 Å². The Morgan fingerprint density at radius 1 is 0.913 bits per heavy atom. The Hall–Kier alpha value is -2.81. The molecule has 0 bridgehead atoms. The third-order valence-corrected chi connectivity index (χ3v) is 3.89. The van der Waals surface area contributed by atoms with Gasteiger partial charge in [0.05, 0.1) is 0 Å². The zero-order chi connectivity index (χ0) is 16.1. The van der Waals surface area contributed by atoms with Crippen molar-refractivity contribution in [1.82, 2.24) is 4.90 Å². The van der Waals surface area contributed by atoms with Crippen molar-refractivity contribution in [2.75, 3.05) is 25.5 Å². The lowest BCUT2D eigenvalue weighted by molar-refractivity contribution is 0.0800. The maximum absolute atomic E-state index is 12.3. The van der Waals surface area contributed by atoms with Crippen LogP contribution in [0.4, 0.5) is 5.69 Å². The molecule has 0 heterocycles. The molecular weight excluding hydrogens is 284 g/mol. The van der Waals surface area contributed by atoms with Crippen molar-refractivity contribution in [3.8, 4) is 0 Å². The number of fused-ring (bicyclic) bond motifs is 1. The molecule has 0 radical (unpaired) electrons. The molecule has 1 N–H and O–H groups in total. The quantitative estimate of drug-likeness (QED) is 0.772. The maximum atomic E-state index is 12.3. The van der Waals surface area contributed by atoms with Crippen molar-refractivity contribution in [1.29, 1.82) is 0 Å². The Morgan fingerprint density at radius 2 is 1.61 bits per heavy atom. The van der Waals surface area contributed by atoms with E-state index in [1.165, 1.54) is 10.8 Å². The number of anilines is 1. The van der Waals surface area contributed by atoms with Gasteiger partial charge < -0.3 is 10.2 Å². The smallest absolute Gasteiger partial charge is 0.253 e. The van der Waals surface area contributed by atoms with Crippen molar-refractivity contribution < 1.29 is 4.79 Å². The first kappa shape index (κ1) is 15.1. The molecule has 3 aromatic rings. The normalized spacial score (nSPS) is 10.5. The van der Waals surface area contributed by atoms with Crippen LogP contribution in [-0.4, -0.2) is 30.9 Å². The van der Waals surface area contributed by atoms with Crippen LogP contribution >= 0.6 is 0 Å². The molecule has 0 saturated heterocycles. The fraction of sp³-hybridized carbons (Fsp3) is 0.150. The van der Waals surface area contributed by atoms with E-state index in [1.807, 2.05) is 49.5 Å². The van der Waals surface area contributed by atoms with Crippen LogP contribution in [0.25, 0.3) is 10.8 Å². The second-order valence-corrected chi connectivity index (χ2v) is 5.58. The van der Waals surface area contributed by atoms with E-state index in [9.17, 15) is 4.79 Å². The topological polar surface area (TPSA) is 32.3 Å². The Balaban J connectivity index is 1.56. The van der Waals surface area contributed by atoms with E-state index in [2.05, 4.69) is 35.6 Å². The highest BCUT2D eigenvalue weighted by Crippen LogP contribution is 2.18. The summed E-state index contributed by atoms with van der Waals surface area (Å²) in [6.45, 7) is 1.37. The fourth-order valence-electron chi connectivity index (χ4n) is 2.57. The van der Waals surface area contributed by atoms with Gasteiger partial charge >= 0.3 is 0 Å². The number of carbonyl (C=O) groups excluding carboxylic acids is 1. The second-order valence-electron chi connectivity index (χ2n) is 5.58. The van der Waals surface area contributed by atoms with Crippen molar-refractivity contribution in [3.05, 3.63) is 78.4 Å². The molecule has 3 rings (SSSR count). The van der Waals surface area contributed by atoms with E-state index in [0.717, 1.165) is 11.3 Å². The summed E-state index contributed by atoms with van der Waals surface area (Å²) < 4.78 is 0. The van der Waals surface area contributed by atoms with Gasteiger partial charge in [-0.3, -0.25) is 4.79 Å². The highest BCUT2D eigenvalue weighted by Gasteiger charge is 2.10. The molecule has 0 spiro atoms. The molecule has 0 aliphatic heterocycles. The zero-order valence-electron chi connectivity index (χ0n) is 13.2. The van der Waals surface area contributed by atoms with Crippen LogP contribution in [0.5, 0.6) is 0 Å². The van der Waals surface area contributed by atoms with Crippen LogP contribution in [0.3, 0.4) is 0 Å². The van der Waals surface area contributed by atoms with Crippen LogP contribution in [0.2, 0.25) is 0 Å². The number of nitrogens with one attached hydrogen (secondary N) is 1. The Bertz CT molecular complexity index is 799. The van der Waals surface area contributed by atoms with Gasteiger partial charge in [0, 0.05) is 31.4 Å². The van der Waals surface area contributed by atoms with Crippen LogP contribution < -0.4 is 5.32 Å². The highest BCUT2D eigenvalue weighted by molar-refractivity contribution is 5.94. The van der Waals surface area contributed by atoms with Gasteiger partial charge in [-0.05, 0) is 35.0 Å². The first-order chi connectivity index (χ1) is 11.2. The average molecular weight is 304 g/mol. The van der Waals surface area contributed by atoms with Crippen molar-refractivity contribution in [3.63, 3.8) is 0 Å². The van der Waals surface area contributed by atoms with Gasteiger partial charge in [0.15, 0.2) is 0 Å². The maximum Gasteiger partial charge on any atom is 0.253 e. The van der Waals surface area contributed by atoms with Crippen molar-refractivity contribution in [2.24, 2.45) is 0 Å². The van der Waals surface area contributed by atoms with Gasteiger partial charge in [-0.25, -0.2) is 0 Å². The molecule has 116 valence electrons. The molecule has 0 fully saturated rings. The van der Waals surface area contributed by atoms with Gasteiger partial charge in [-0.2, -0.15) is 0 Å². The third kappa shape index (κ3) is 3.69. The molecule has 3 aromatic carbocycles. The number of hydrogen-bond acceptors (Lipinski definition) is 2. The number of benzene rings is 3. The summed E-state index contributed by atoms with van der Waals surface area (Å²) in [6.07, 6.45) is 0. The minimum Gasteiger partial charge on any atom is -0.383 e. The number of nitrogens with zero attached hydrogens (tertiary/aromatic N) is 1. The van der Waals surface area contributed by atoms with E-state index in [4.69, 9.17) is 0 Å². The number of likely N-dealkylation sites (N-methyl/N-ethyl adjacent to an activating group) is 1. The van der Waals surface area contributed by atoms with E-state index >= 15 is 0 Å². The van der Waals surface area contributed by atoms with Crippen LogP contribution in [0, 0.1) is 0 Å². The predicted molar refractivity (Wildman–Crippen MR) is 95.8 cm³/mol. The number of hydrogen-bond donors (Lipinski definition) is 1. The standard InChI is InChI=1S/C20H20N2O/c1-22(20(23)17-8-3-2-4-9-17)14-13-21-19-12-11-16-7-5-6-10-18(16)15-19/h2-12,15,21H,13-14H2,1H3. The highest BCUT2D eigenvalue weighted by atomic mass is 16.2. The molecule has 0 aromatic heterocycles. The van der Waals surface area contributed by atoms with Gasteiger partial charge in [-0.15, -0.1) is 0 Å². The third-order valence-electron chi connectivity index (χ3n) is 3.89. The summed E-state index contributed by atoms with van der Waals surface area (Å²) in [5.74, 6) is 0.0471. The largest absolute Gasteiger partial charge is 0.383 e. The first-order valence-electron chi connectivity index (χ1n) is 7.77. The number of carbonyl (C=O) groups is 1. The molecular formula is C20H20N2O. The van der Waals surface area contributed by atoms with E-state index < -0.39 is 0 Å². The van der Waals surface area contributed by atoms with E-state index in [0.29, 0.717) is 13.1 Å². The molecule has 0 saturated carbocycles. The summed E-state index contributed by atoms with van der Waals surface area (Å²) in [5, 5.41) is 5.83. The Kier molecular flexibility index (Phi) is 4.57. The molecule has 0 unspecified atom stereocenters. The molecule has 23 heavy (non-hydrogen) atoms. The molecule has 3 nitrogen and oxygen atoms in total. The van der Waals surface area contributed by atoms with Gasteiger partial charge in [0.1, 0.15) is 0 Å². The second kappa shape index (κ2) is 6.97. The summed E-state index contributed by atoms with van der Waals surface area (Å²) in [7, 11) is 1.83. The fourth-order valence-corrected chi connectivity index (χ4v) is 2.57. The predicted octanol–water partition coefficient (Wildman–Crippen LogP) is 4.02. The lowest BCUT2D eigenvalue weighted by atomic mass is 10.1. The molecule has 0 aliphatic carbocycles. The van der Waals surface area contributed by atoms with Crippen LogP contribution in [-0.2, 0) is 0 Å². The molecule has 0 atom stereocenters. The Labute approximate surface area is 136 Å². The summed E-state index contributed by atoms with van der Waals surface area (Å²) >= 11 is 0. The average Bonchev–Trinajstić information content (AvgIpc) is 2.61. The molecule has 3 heteroatoms. The van der Waals surface area contributed by atoms with Crippen molar-refractivity contribution >= 4 is 22.4 Å². The van der Waals surface area contributed by atoms with Gasteiger partial charge in [-0.1, -0.05) is 48.5 Å². The van der Waals surface area contributed by atoms with Crippen LogP contribution in [0.15, 0.2) is 72.8 Å². The molecule has 0 aliphatic rings. The zero-order valence-corrected chi connectivity index (χ0v) is 13.2. The SMILES string of the molecule is CN(CCNc1ccc2ccccc2c1)C(=O)c1ccccc1.